The topological polar surface area (TPSA) is 20.2 Å². The number of aliphatic hydroxyl groups is 1. The van der Waals surface area contributed by atoms with Crippen LogP contribution in [0.15, 0.2) is 24.8 Å². The normalized spacial score (nSPS) is 10.1. The highest BCUT2D eigenvalue weighted by molar-refractivity contribution is 4.96. The standard InChI is InChI=1S/C7H12O/c1-2-3-4-5-6-7-8/h2-4,8H,1,5-7H2/b4-3-. The molecule has 0 saturated carbocycles. The van der Waals surface area contributed by atoms with Gasteiger partial charge in [0.15, 0.2) is 0 Å². The van der Waals surface area contributed by atoms with Crippen molar-refractivity contribution in [1.82, 2.24) is 0 Å². The van der Waals surface area contributed by atoms with Gasteiger partial charge in [-0.15, -0.1) is 0 Å². The average Bonchev–Trinajstić information content (AvgIpc) is 1.81. The van der Waals surface area contributed by atoms with Gasteiger partial charge in [0.25, 0.3) is 0 Å². The Morgan fingerprint density at radius 3 is 2.75 bits per heavy atom. The van der Waals surface area contributed by atoms with Crippen LogP contribution in [0.4, 0.5) is 0 Å². The molecule has 0 aliphatic heterocycles. The van der Waals surface area contributed by atoms with Gasteiger partial charge in [0.05, 0.1) is 0 Å². The molecule has 0 rings (SSSR count). The Morgan fingerprint density at radius 2 is 2.25 bits per heavy atom. The van der Waals surface area contributed by atoms with Gasteiger partial charge in [-0.2, -0.15) is 0 Å². The van der Waals surface area contributed by atoms with E-state index in [4.69, 9.17) is 5.11 Å². The van der Waals surface area contributed by atoms with Crippen LogP contribution in [0.2, 0.25) is 0 Å². The molecule has 0 aromatic carbocycles. The zero-order valence-electron chi connectivity index (χ0n) is 5.01. The second-order valence-corrected chi connectivity index (χ2v) is 1.53. The second-order valence-electron chi connectivity index (χ2n) is 1.53. The minimum absolute atomic E-state index is 0.279. The predicted molar refractivity (Wildman–Crippen MR) is 35.7 cm³/mol. The largest absolute Gasteiger partial charge is 0.396 e. The van der Waals surface area contributed by atoms with E-state index < -0.39 is 0 Å². The molecule has 0 amide bonds. The van der Waals surface area contributed by atoms with E-state index in [1.54, 1.807) is 6.08 Å². The van der Waals surface area contributed by atoms with Gasteiger partial charge in [-0.3, -0.25) is 0 Å². The van der Waals surface area contributed by atoms with Crippen LogP contribution in [0.3, 0.4) is 0 Å². The number of aliphatic hydroxyl groups excluding tert-OH is 1. The lowest BCUT2D eigenvalue weighted by molar-refractivity contribution is 0.289. The summed E-state index contributed by atoms with van der Waals surface area (Å²) in [6, 6.07) is 0. The second kappa shape index (κ2) is 6.44. The monoisotopic (exact) mass is 112 g/mol. The van der Waals surface area contributed by atoms with E-state index in [1.807, 2.05) is 12.2 Å². The Hall–Kier alpha value is -0.560. The van der Waals surface area contributed by atoms with Crippen LogP contribution in [0, 0.1) is 0 Å². The van der Waals surface area contributed by atoms with Gasteiger partial charge in [0.2, 0.25) is 0 Å². The van der Waals surface area contributed by atoms with Crippen LogP contribution in [-0.2, 0) is 0 Å². The summed E-state index contributed by atoms with van der Waals surface area (Å²) in [6.45, 7) is 3.79. The van der Waals surface area contributed by atoms with Gasteiger partial charge < -0.3 is 5.11 Å². The van der Waals surface area contributed by atoms with Gasteiger partial charge in [-0.1, -0.05) is 24.8 Å². The number of hydrogen-bond donors (Lipinski definition) is 1. The van der Waals surface area contributed by atoms with Crippen molar-refractivity contribution >= 4 is 0 Å². The van der Waals surface area contributed by atoms with E-state index in [2.05, 4.69) is 6.58 Å². The molecule has 46 valence electrons. The molecule has 0 unspecified atom stereocenters. The maximum atomic E-state index is 8.31. The number of allylic oxidation sites excluding steroid dienone is 3. The quantitative estimate of drug-likeness (QED) is 0.431. The van der Waals surface area contributed by atoms with Crippen LogP contribution < -0.4 is 0 Å². The molecule has 1 nitrogen and oxygen atoms in total. The van der Waals surface area contributed by atoms with Crippen molar-refractivity contribution in [3.63, 3.8) is 0 Å². The zero-order valence-corrected chi connectivity index (χ0v) is 5.01. The number of rotatable bonds is 4. The summed E-state index contributed by atoms with van der Waals surface area (Å²) >= 11 is 0. The molecule has 0 atom stereocenters. The van der Waals surface area contributed by atoms with Crippen LogP contribution in [0.25, 0.3) is 0 Å². The highest BCUT2D eigenvalue weighted by Gasteiger charge is 1.74. The van der Waals surface area contributed by atoms with Crippen LogP contribution in [0.1, 0.15) is 12.8 Å². The van der Waals surface area contributed by atoms with Gasteiger partial charge in [0.1, 0.15) is 0 Å². The minimum atomic E-state index is 0.279. The molecule has 0 saturated heterocycles. The summed E-state index contributed by atoms with van der Waals surface area (Å²) in [5, 5.41) is 8.31. The molecule has 0 aromatic heterocycles. The summed E-state index contributed by atoms with van der Waals surface area (Å²) in [7, 11) is 0. The Kier molecular flexibility index (Phi) is 5.99. The summed E-state index contributed by atoms with van der Waals surface area (Å²) in [5.41, 5.74) is 0. The molecule has 1 heteroatoms. The third-order valence-electron chi connectivity index (χ3n) is 0.801. The smallest absolute Gasteiger partial charge is 0.0433 e. The number of unbranched alkanes of at least 4 members (excludes halogenated alkanes) is 1. The van der Waals surface area contributed by atoms with E-state index in [9.17, 15) is 0 Å². The Balaban J connectivity index is 2.91. The summed E-state index contributed by atoms with van der Waals surface area (Å²) in [6.07, 6.45) is 7.41. The van der Waals surface area contributed by atoms with Crippen molar-refractivity contribution in [1.29, 1.82) is 0 Å². The van der Waals surface area contributed by atoms with E-state index in [-0.39, 0.29) is 6.61 Å². The lowest BCUT2D eigenvalue weighted by Crippen LogP contribution is -1.77. The third-order valence-corrected chi connectivity index (χ3v) is 0.801. The fraction of sp³-hybridized carbons (Fsp3) is 0.429. The minimum Gasteiger partial charge on any atom is -0.396 e. The first-order chi connectivity index (χ1) is 3.91. The first-order valence-corrected chi connectivity index (χ1v) is 2.80. The molecule has 1 N–H and O–H groups in total. The van der Waals surface area contributed by atoms with E-state index >= 15 is 0 Å². The maximum absolute atomic E-state index is 8.31. The van der Waals surface area contributed by atoms with Gasteiger partial charge in [0, 0.05) is 6.61 Å². The molecule has 0 radical (unpaired) electrons. The molecular formula is C7H12O. The Morgan fingerprint density at radius 1 is 1.50 bits per heavy atom. The van der Waals surface area contributed by atoms with Crippen molar-refractivity contribution in [3.05, 3.63) is 24.8 Å². The van der Waals surface area contributed by atoms with Crippen molar-refractivity contribution in [2.45, 2.75) is 12.8 Å². The first kappa shape index (κ1) is 7.44. The Bertz CT molecular complexity index is 74.5. The number of hydrogen-bond acceptors (Lipinski definition) is 1. The van der Waals surface area contributed by atoms with Gasteiger partial charge in [-0.05, 0) is 12.8 Å². The zero-order chi connectivity index (χ0) is 6.24. The fourth-order valence-corrected chi connectivity index (χ4v) is 0.402. The van der Waals surface area contributed by atoms with Crippen LogP contribution in [-0.4, -0.2) is 11.7 Å². The highest BCUT2D eigenvalue weighted by Crippen LogP contribution is 1.87. The van der Waals surface area contributed by atoms with Crippen molar-refractivity contribution < 1.29 is 5.11 Å². The summed E-state index contributed by atoms with van der Waals surface area (Å²) in [5.74, 6) is 0. The lowest BCUT2D eigenvalue weighted by atomic mass is 10.3. The third kappa shape index (κ3) is 5.44. The summed E-state index contributed by atoms with van der Waals surface area (Å²) in [4.78, 5) is 0. The van der Waals surface area contributed by atoms with Gasteiger partial charge >= 0.3 is 0 Å². The predicted octanol–water partition coefficient (Wildman–Crippen LogP) is 1.50. The molecule has 0 aromatic rings. The molecule has 8 heavy (non-hydrogen) atoms. The van der Waals surface area contributed by atoms with Crippen molar-refractivity contribution in [2.24, 2.45) is 0 Å². The molecule has 0 aliphatic rings. The summed E-state index contributed by atoms with van der Waals surface area (Å²) < 4.78 is 0. The molecule has 0 bridgehead atoms. The SMILES string of the molecule is C=C/C=C\CCCO. The highest BCUT2D eigenvalue weighted by atomic mass is 16.2. The molecule has 0 heterocycles. The molecule has 0 spiro atoms. The molecule has 0 aliphatic carbocycles. The van der Waals surface area contributed by atoms with E-state index in [0.29, 0.717) is 0 Å². The molecular weight excluding hydrogens is 100 g/mol. The Labute approximate surface area is 50.3 Å². The van der Waals surface area contributed by atoms with Crippen LogP contribution in [0.5, 0.6) is 0 Å². The lowest BCUT2D eigenvalue weighted by Gasteiger charge is -1.84. The fourth-order valence-electron chi connectivity index (χ4n) is 0.402. The van der Waals surface area contributed by atoms with E-state index in [1.165, 1.54) is 0 Å². The van der Waals surface area contributed by atoms with Crippen LogP contribution >= 0.6 is 0 Å². The van der Waals surface area contributed by atoms with Crippen molar-refractivity contribution in [2.75, 3.05) is 6.61 Å². The van der Waals surface area contributed by atoms with Gasteiger partial charge in [-0.25, -0.2) is 0 Å². The average molecular weight is 112 g/mol. The van der Waals surface area contributed by atoms with E-state index in [0.717, 1.165) is 12.8 Å². The maximum Gasteiger partial charge on any atom is 0.0433 e. The van der Waals surface area contributed by atoms with Crippen molar-refractivity contribution in [3.8, 4) is 0 Å². The molecule has 0 fully saturated rings. The first-order valence-electron chi connectivity index (χ1n) is 2.80.